The van der Waals surface area contributed by atoms with E-state index in [4.69, 9.17) is 0 Å². The lowest BCUT2D eigenvalue weighted by atomic mass is 10.2. The lowest BCUT2D eigenvalue weighted by Gasteiger charge is -2.03. The number of Topliss-reactive ketones (excluding diaryl/α,β-unsaturated/α-hetero) is 1. The van der Waals surface area contributed by atoms with E-state index < -0.39 is 11.6 Å². The fraction of sp³-hybridized carbons (Fsp3) is 0.0714. The molecule has 1 nitrogen and oxygen atoms in total. The number of ketones is 1. The van der Waals surface area contributed by atoms with Crippen molar-refractivity contribution in [1.82, 2.24) is 0 Å². The van der Waals surface area contributed by atoms with Crippen LogP contribution in [0.1, 0.15) is 10.4 Å². The Morgan fingerprint density at radius 1 is 1.11 bits per heavy atom. The number of carbonyl (C=O) groups is 1. The highest BCUT2D eigenvalue weighted by Crippen LogP contribution is 2.23. The molecule has 0 radical (unpaired) electrons. The Morgan fingerprint density at radius 3 is 2.47 bits per heavy atom. The molecule has 0 spiro atoms. The third-order valence-electron chi connectivity index (χ3n) is 2.42. The van der Waals surface area contributed by atoms with E-state index in [0.717, 1.165) is 33.5 Å². The third kappa shape index (κ3) is 4.01. The van der Waals surface area contributed by atoms with Crippen molar-refractivity contribution < 1.29 is 13.6 Å². The molecule has 0 atom stereocenters. The van der Waals surface area contributed by atoms with Gasteiger partial charge in [-0.1, -0.05) is 12.1 Å². The second kappa shape index (κ2) is 6.47. The molecule has 0 amide bonds. The highest BCUT2D eigenvalue weighted by atomic mass is 127. The summed E-state index contributed by atoms with van der Waals surface area (Å²) < 4.78 is 27.4. The Labute approximate surface area is 127 Å². The van der Waals surface area contributed by atoms with Gasteiger partial charge in [-0.05, 0) is 52.9 Å². The summed E-state index contributed by atoms with van der Waals surface area (Å²) in [4.78, 5) is 12.0. The number of hydrogen-bond donors (Lipinski definition) is 0. The van der Waals surface area contributed by atoms with Crippen LogP contribution in [-0.2, 0) is 0 Å². The SMILES string of the molecule is O=C(CSc1cc(F)ccc1F)c1ccc(I)cc1. The maximum absolute atomic E-state index is 13.4. The van der Waals surface area contributed by atoms with Crippen molar-refractivity contribution in [3.8, 4) is 0 Å². The highest BCUT2D eigenvalue weighted by molar-refractivity contribution is 14.1. The van der Waals surface area contributed by atoms with Crippen LogP contribution >= 0.6 is 34.4 Å². The van der Waals surface area contributed by atoms with Gasteiger partial charge in [0.05, 0.1) is 5.75 Å². The molecule has 0 aliphatic heterocycles. The van der Waals surface area contributed by atoms with Gasteiger partial charge < -0.3 is 0 Å². The molecule has 0 saturated heterocycles. The topological polar surface area (TPSA) is 17.1 Å². The highest BCUT2D eigenvalue weighted by Gasteiger charge is 2.10. The first-order chi connectivity index (χ1) is 9.06. The first-order valence-electron chi connectivity index (χ1n) is 5.43. The van der Waals surface area contributed by atoms with Gasteiger partial charge in [0.1, 0.15) is 11.6 Å². The molecule has 0 heterocycles. The fourth-order valence-corrected chi connectivity index (χ4v) is 2.66. The Bertz CT molecular complexity index is 599. The maximum atomic E-state index is 13.4. The molecule has 2 rings (SSSR count). The summed E-state index contributed by atoms with van der Waals surface area (Å²) in [5.74, 6) is -1.04. The zero-order valence-electron chi connectivity index (χ0n) is 9.70. The monoisotopic (exact) mass is 390 g/mol. The molecule has 0 N–H and O–H groups in total. The van der Waals surface area contributed by atoms with Crippen molar-refractivity contribution in [3.05, 3.63) is 63.2 Å². The van der Waals surface area contributed by atoms with Crippen LogP contribution in [0.25, 0.3) is 0 Å². The van der Waals surface area contributed by atoms with E-state index in [1.54, 1.807) is 12.1 Å². The predicted molar refractivity (Wildman–Crippen MR) is 80.6 cm³/mol. The number of rotatable bonds is 4. The molecule has 2 aromatic rings. The van der Waals surface area contributed by atoms with E-state index in [2.05, 4.69) is 22.6 Å². The molecular weight excluding hydrogens is 381 g/mol. The maximum Gasteiger partial charge on any atom is 0.173 e. The average molecular weight is 390 g/mol. The molecule has 0 unspecified atom stereocenters. The minimum absolute atomic E-state index is 0.0843. The first kappa shape index (κ1) is 14.5. The Morgan fingerprint density at radius 2 is 1.79 bits per heavy atom. The van der Waals surface area contributed by atoms with Gasteiger partial charge in [-0.3, -0.25) is 4.79 Å². The number of halogens is 3. The van der Waals surface area contributed by atoms with Crippen molar-refractivity contribution in [1.29, 1.82) is 0 Å². The van der Waals surface area contributed by atoms with Crippen molar-refractivity contribution in [2.45, 2.75) is 4.90 Å². The van der Waals surface area contributed by atoms with Gasteiger partial charge >= 0.3 is 0 Å². The number of hydrogen-bond acceptors (Lipinski definition) is 2. The smallest absolute Gasteiger partial charge is 0.173 e. The lowest BCUT2D eigenvalue weighted by molar-refractivity contribution is 0.102. The van der Waals surface area contributed by atoms with E-state index in [9.17, 15) is 13.6 Å². The summed E-state index contributed by atoms with van der Waals surface area (Å²) in [6.45, 7) is 0. The molecule has 5 heteroatoms. The van der Waals surface area contributed by atoms with E-state index in [-0.39, 0.29) is 16.4 Å². The van der Waals surface area contributed by atoms with Gasteiger partial charge in [0.15, 0.2) is 5.78 Å². The van der Waals surface area contributed by atoms with Crippen LogP contribution in [0.5, 0.6) is 0 Å². The first-order valence-corrected chi connectivity index (χ1v) is 7.49. The van der Waals surface area contributed by atoms with Gasteiger partial charge in [0.2, 0.25) is 0 Å². The van der Waals surface area contributed by atoms with E-state index in [0.29, 0.717) is 5.56 Å². The summed E-state index contributed by atoms with van der Waals surface area (Å²) in [5, 5.41) is 0. The summed E-state index contributed by atoms with van der Waals surface area (Å²) in [6.07, 6.45) is 0. The lowest BCUT2D eigenvalue weighted by Crippen LogP contribution is -2.02. The summed E-state index contributed by atoms with van der Waals surface area (Å²) in [6, 6.07) is 10.3. The molecule has 0 bridgehead atoms. The average Bonchev–Trinajstić information content (AvgIpc) is 2.40. The molecule has 0 aromatic heterocycles. The van der Waals surface area contributed by atoms with Crippen LogP contribution in [0, 0.1) is 15.2 Å². The van der Waals surface area contributed by atoms with Gasteiger partial charge in [-0.25, -0.2) is 8.78 Å². The van der Waals surface area contributed by atoms with E-state index in [1.165, 1.54) is 0 Å². The Kier molecular flexibility index (Phi) is 4.93. The van der Waals surface area contributed by atoms with Crippen LogP contribution in [0.4, 0.5) is 8.78 Å². The fourth-order valence-electron chi connectivity index (χ4n) is 1.45. The van der Waals surface area contributed by atoms with Crippen LogP contribution in [-0.4, -0.2) is 11.5 Å². The van der Waals surface area contributed by atoms with Gasteiger partial charge in [-0.15, -0.1) is 11.8 Å². The normalized spacial score (nSPS) is 10.5. The predicted octanol–water partition coefficient (Wildman–Crippen LogP) is 4.54. The minimum Gasteiger partial charge on any atom is -0.293 e. The van der Waals surface area contributed by atoms with Gasteiger partial charge in [-0.2, -0.15) is 0 Å². The number of carbonyl (C=O) groups excluding carboxylic acids is 1. The van der Waals surface area contributed by atoms with Crippen LogP contribution in [0.15, 0.2) is 47.4 Å². The zero-order chi connectivity index (χ0) is 13.8. The van der Waals surface area contributed by atoms with Crippen molar-refractivity contribution in [3.63, 3.8) is 0 Å². The summed E-state index contributed by atoms with van der Waals surface area (Å²) in [7, 11) is 0. The van der Waals surface area contributed by atoms with E-state index >= 15 is 0 Å². The Balaban J connectivity index is 2.04. The number of benzene rings is 2. The molecular formula is C14H9F2IOS. The molecule has 0 aliphatic carbocycles. The van der Waals surface area contributed by atoms with Crippen LogP contribution in [0.3, 0.4) is 0 Å². The standard InChI is InChI=1S/C14H9F2IOS/c15-10-3-6-12(16)14(7-10)19-8-13(18)9-1-4-11(17)5-2-9/h1-7H,8H2. The van der Waals surface area contributed by atoms with Gasteiger partial charge in [0, 0.05) is 14.0 Å². The molecule has 2 aromatic carbocycles. The second-order valence-corrected chi connectivity index (χ2v) is 6.06. The van der Waals surface area contributed by atoms with Gasteiger partial charge in [0.25, 0.3) is 0 Å². The number of thioether (sulfide) groups is 1. The molecule has 19 heavy (non-hydrogen) atoms. The largest absolute Gasteiger partial charge is 0.293 e. The molecule has 0 saturated carbocycles. The summed E-state index contributed by atoms with van der Waals surface area (Å²) >= 11 is 3.15. The molecule has 0 fully saturated rings. The minimum atomic E-state index is -0.512. The molecule has 0 aliphatic rings. The zero-order valence-corrected chi connectivity index (χ0v) is 12.7. The van der Waals surface area contributed by atoms with Crippen molar-refractivity contribution in [2.75, 3.05) is 5.75 Å². The van der Waals surface area contributed by atoms with E-state index in [1.807, 2.05) is 12.1 Å². The Hall–Kier alpha value is -0.950. The summed E-state index contributed by atoms with van der Waals surface area (Å²) in [5.41, 5.74) is 0.574. The van der Waals surface area contributed by atoms with Crippen molar-refractivity contribution in [2.24, 2.45) is 0 Å². The molecule has 98 valence electrons. The quantitative estimate of drug-likeness (QED) is 0.433. The third-order valence-corrected chi connectivity index (χ3v) is 4.17. The second-order valence-electron chi connectivity index (χ2n) is 3.79. The van der Waals surface area contributed by atoms with Crippen LogP contribution < -0.4 is 0 Å². The van der Waals surface area contributed by atoms with Crippen molar-refractivity contribution >= 4 is 40.1 Å². The van der Waals surface area contributed by atoms with Crippen LogP contribution in [0.2, 0.25) is 0 Å².